The van der Waals surface area contributed by atoms with E-state index in [0.29, 0.717) is 32.5 Å². The number of carbonyl (C=O) groups excluding carboxylic acids is 1. The normalized spacial score (nSPS) is 15.5. The first-order chi connectivity index (χ1) is 11.5. The van der Waals surface area contributed by atoms with Gasteiger partial charge in [-0.15, -0.1) is 0 Å². The van der Waals surface area contributed by atoms with Crippen molar-refractivity contribution >= 4 is 5.91 Å². The summed E-state index contributed by atoms with van der Waals surface area (Å²) in [4.78, 5) is 26.9. The molecule has 0 radical (unpaired) electrons. The third kappa shape index (κ3) is 3.57. The Morgan fingerprint density at radius 3 is 2.67 bits per heavy atom. The van der Waals surface area contributed by atoms with Crippen LogP contribution in [0.2, 0.25) is 0 Å². The van der Waals surface area contributed by atoms with Crippen molar-refractivity contribution in [2.24, 2.45) is 0 Å². The Balaban J connectivity index is 1.83. The molecule has 1 fully saturated rings. The van der Waals surface area contributed by atoms with E-state index in [-0.39, 0.29) is 23.1 Å². The lowest BCUT2D eigenvalue weighted by atomic mass is 10.1. The van der Waals surface area contributed by atoms with E-state index in [1.165, 1.54) is 0 Å². The van der Waals surface area contributed by atoms with Gasteiger partial charge in [0.15, 0.2) is 0 Å². The second kappa shape index (κ2) is 7.01. The minimum Gasteiger partial charge on any atom is -0.393 e. The molecule has 1 N–H and O–H groups in total. The van der Waals surface area contributed by atoms with Crippen molar-refractivity contribution in [3.8, 4) is 0 Å². The first-order valence-electron chi connectivity index (χ1n) is 8.27. The van der Waals surface area contributed by atoms with Gasteiger partial charge in [-0.25, -0.2) is 0 Å². The minimum absolute atomic E-state index is 0.196. The monoisotopic (exact) mass is 326 g/mol. The highest BCUT2D eigenvalue weighted by molar-refractivity contribution is 5.93. The van der Waals surface area contributed by atoms with Gasteiger partial charge in [-0.05, 0) is 37.5 Å². The number of likely N-dealkylation sites (tertiary alicyclic amines) is 1. The van der Waals surface area contributed by atoms with Crippen LogP contribution in [0.5, 0.6) is 0 Å². The summed E-state index contributed by atoms with van der Waals surface area (Å²) in [6.45, 7) is 3.44. The van der Waals surface area contributed by atoms with Gasteiger partial charge in [0.05, 0.1) is 12.6 Å². The van der Waals surface area contributed by atoms with Crippen molar-refractivity contribution in [2.45, 2.75) is 32.4 Å². The Morgan fingerprint density at radius 1 is 1.21 bits per heavy atom. The SMILES string of the molecule is Cc1cccc(Cn2cccc(C(=O)N3CCC(O)CC3)c2=O)c1. The molecule has 1 saturated heterocycles. The van der Waals surface area contributed by atoms with Crippen molar-refractivity contribution in [3.63, 3.8) is 0 Å². The molecule has 24 heavy (non-hydrogen) atoms. The Morgan fingerprint density at radius 2 is 1.96 bits per heavy atom. The maximum Gasteiger partial charge on any atom is 0.263 e. The van der Waals surface area contributed by atoms with Crippen LogP contribution < -0.4 is 5.56 Å². The fourth-order valence-electron chi connectivity index (χ4n) is 3.07. The zero-order valence-corrected chi connectivity index (χ0v) is 13.8. The Kier molecular flexibility index (Phi) is 4.81. The number of amides is 1. The van der Waals surface area contributed by atoms with E-state index in [1.54, 1.807) is 27.8 Å². The van der Waals surface area contributed by atoms with Gasteiger partial charge in [-0.1, -0.05) is 29.8 Å². The molecule has 1 aromatic carbocycles. The van der Waals surface area contributed by atoms with E-state index in [9.17, 15) is 14.7 Å². The molecule has 0 spiro atoms. The molecule has 1 aromatic heterocycles. The number of hydrogen-bond donors (Lipinski definition) is 1. The molecule has 0 unspecified atom stereocenters. The largest absolute Gasteiger partial charge is 0.393 e. The molecule has 2 aromatic rings. The van der Waals surface area contributed by atoms with Crippen LogP contribution in [0, 0.1) is 6.92 Å². The molecule has 126 valence electrons. The van der Waals surface area contributed by atoms with E-state index in [0.717, 1.165) is 11.1 Å². The predicted molar refractivity (Wildman–Crippen MR) is 92.1 cm³/mol. The lowest BCUT2D eigenvalue weighted by Crippen LogP contribution is -2.42. The molecule has 0 saturated carbocycles. The molecular formula is C19H22N2O3. The van der Waals surface area contributed by atoms with Gasteiger partial charge in [0.2, 0.25) is 0 Å². The number of aliphatic hydroxyl groups is 1. The van der Waals surface area contributed by atoms with Crippen molar-refractivity contribution < 1.29 is 9.90 Å². The van der Waals surface area contributed by atoms with Crippen LogP contribution in [-0.2, 0) is 6.54 Å². The van der Waals surface area contributed by atoms with Crippen LogP contribution >= 0.6 is 0 Å². The summed E-state index contributed by atoms with van der Waals surface area (Å²) < 4.78 is 1.57. The summed E-state index contributed by atoms with van der Waals surface area (Å²) in [5.41, 5.74) is 2.10. The van der Waals surface area contributed by atoms with Gasteiger partial charge >= 0.3 is 0 Å². The van der Waals surface area contributed by atoms with Gasteiger partial charge < -0.3 is 14.6 Å². The molecule has 3 rings (SSSR count). The van der Waals surface area contributed by atoms with Gasteiger partial charge in [-0.3, -0.25) is 9.59 Å². The number of hydrogen-bond acceptors (Lipinski definition) is 3. The first kappa shape index (κ1) is 16.5. The van der Waals surface area contributed by atoms with Gasteiger partial charge in [-0.2, -0.15) is 0 Å². The summed E-state index contributed by atoms with van der Waals surface area (Å²) in [5.74, 6) is -0.245. The summed E-state index contributed by atoms with van der Waals surface area (Å²) >= 11 is 0. The minimum atomic E-state index is -0.345. The number of piperidine rings is 1. The van der Waals surface area contributed by atoms with Gasteiger partial charge in [0, 0.05) is 19.3 Å². The summed E-state index contributed by atoms with van der Waals surface area (Å²) in [7, 11) is 0. The van der Waals surface area contributed by atoms with Crippen LogP contribution in [0.1, 0.15) is 34.3 Å². The molecule has 5 heteroatoms. The third-order valence-corrected chi connectivity index (χ3v) is 4.44. The van der Waals surface area contributed by atoms with Crippen LogP contribution in [0.3, 0.4) is 0 Å². The fraction of sp³-hybridized carbons (Fsp3) is 0.368. The third-order valence-electron chi connectivity index (χ3n) is 4.44. The number of carbonyl (C=O) groups is 1. The highest BCUT2D eigenvalue weighted by Gasteiger charge is 2.24. The van der Waals surface area contributed by atoms with Crippen LogP contribution in [-0.4, -0.2) is 39.7 Å². The number of nitrogens with zero attached hydrogens (tertiary/aromatic N) is 2. The van der Waals surface area contributed by atoms with Crippen molar-refractivity contribution in [1.82, 2.24) is 9.47 Å². The van der Waals surface area contributed by atoms with Crippen molar-refractivity contribution in [3.05, 3.63) is 69.6 Å². The number of aliphatic hydroxyl groups excluding tert-OH is 1. The molecular weight excluding hydrogens is 304 g/mol. The van der Waals surface area contributed by atoms with Crippen molar-refractivity contribution in [1.29, 1.82) is 0 Å². The van der Waals surface area contributed by atoms with Crippen LogP contribution in [0.25, 0.3) is 0 Å². The number of aromatic nitrogens is 1. The number of rotatable bonds is 3. The maximum atomic E-state index is 12.7. The Hall–Kier alpha value is -2.40. The quantitative estimate of drug-likeness (QED) is 0.935. The zero-order chi connectivity index (χ0) is 17.1. The average Bonchev–Trinajstić information content (AvgIpc) is 2.57. The Labute approximate surface area is 141 Å². The standard InChI is InChI=1S/C19H22N2O3/c1-14-4-2-5-15(12-14)13-21-9-3-6-17(19(21)24)18(23)20-10-7-16(22)8-11-20/h2-6,9,12,16,22H,7-8,10-11,13H2,1H3. The molecule has 1 amide bonds. The molecule has 0 atom stereocenters. The summed E-state index contributed by atoms with van der Waals surface area (Å²) in [6.07, 6.45) is 2.50. The Bertz CT molecular complexity index is 789. The molecule has 0 bridgehead atoms. The van der Waals surface area contributed by atoms with E-state index < -0.39 is 0 Å². The number of pyridine rings is 1. The molecule has 2 heterocycles. The topological polar surface area (TPSA) is 62.5 Å². The molecule has 0 aliphatic carbocycles. The molecule has 1 aliphatic rings. The van der Waals surface area contributed by atoms with E-state index >= 15 is 0 Å². The van der Waals surface area contributed by atoms with Crippen molar-refractivity contribution in [2.75, 3.05) is 13.1 Å². The lowest BCUT2D eigenvalue weighted by molar-refractivity contribution is 0.0544. The van der Waals surface area contributed by atoms with E-state index in [1.807, 2.05) is 31.2 Å². The van der Waals surface area contributed by atoms with Gasteiger partial charge in [0.25, 0.3) is 11.5 Å². The molecule has 1 aliphatic heterocycles. The highest BCUT2D eigenvalue weighted by Crippen LogP contribution is 2.12. The fourth-order valence-corrected chi connectivity index (χ4v) is 3.07. The number of aryl methyl sites for hydroxylation is 1. The lowest BCUT2D eigenvalue weighted by Gasteiger charge is -2.29. The zero-order valence-electron chi connectivity index (χ0n) is 13.8. The van der Waals surface area contributed by atoms with E-state index in [2.05, 4.69) is 0 Å². The second-order valence-electron chi connectivity index (χ2n) is 6.37. The number of benzene rings is 1. The van der Waals surface area contributed by atoms with E-state index in [4.69, 9.17) is 0 Å². The van der Waals surface area contributed by atoms with Crippen LogP contribution in [0.15, 0.2) is 47.4 Å². The predicted octanol–water partition coefficient (Wildman–Crippen LogP) is 1.80. The van der Waals surface area contributed by atoms with Gasteiger partial charge in [0.1, 0.15) is 5.56 Å². The summed E-state index contributed by atoms with van der Waals surface area (Å²) in [5, 5.41) is 9.56. The average molecular weight is 326 g/mol. The highest BCUT2D eigenvalue weighted by atomic mass is 16.3. The summed E-state index contributed by atoms with van der Waals surface area (Å²) in [6, 6.07) is 11.3. The second-order valence-corrected chi connectivity index (χ2v) is 6.37. The maximum absolute atomic E-state index is 12.7. The molecule has 5 nitrogen and oxygen atoms in total. The van der Waals surface area contributed by atoms with Crippen LogP contribution in [0.4, 0.5) is 0 Å². The smallest absolute Gasteiger partial charge is 0.263 e. The first-order valence-corrected chi connectivity index (χ1v) is 8.27.